The fourth-order valence-corrected chi connectivity index (χ4v) is 2.93. The molecule has 2 aromatic heterocycles. The lowest BCUT2D eigenvalue weighted by Crippen LogP contribution is -2.32. The number of thiazole rings is 1. The summed E-state index contributed by atoms with van der Waals surface area (Å²) in [6.07, 6.45) is 4.16. The van der Waals surface area contributed by atoms with E-state index in [9.17, 15) is 4.79 Å². The molecule has 2 heterocycles. The van der Waals surface area contributed by atoms with Crippen LogP contribution in [0.4, 0.5) is 0 Å². The van der Waals surface area contributed by atoms with Gasteiger partial charge in [0, 0.05) is 24.8 Å². The predicted octanol–water partition coefficient (Wildman–Crippen LogP) is 2.78. The zero-order valence-corrected chi connectivity index (χ0v) is 14.0. The van der Waals surface area contributed by atoms with E-state index in [0.717, 1.165) is 16.4 Å². The number of nitrogens with zero attached hydrogens (tertiary/aromatic N) is 3. The topological polar surface area (TPSA) is 46.8 Å². The molecule has 0 radical (unpaired) electrons. The molecule has 0 aliphatic heterocycles. The van der Waals surface area contributed by atoms with Gasteiger partial charge in [0.1, 0.15) is 12.4 Å². The summed E-state index contributed by atoms with van der Waals surface area (Å²) in [5.74, 6) is 0.869. The number of carbonyl (C=O) groups excluding carboxylic acids is 1. The molecule has 0 bridgehead atoms. The summed E-state index contributed by atoms with van der Waals surface area (Å²) in [5.41, 5.74) is 2.00. The van der Waals surface area contributed by atoms with Crippen LogP contribution in [0.5, 0.6) is 5.75 Å². The second kappa shape index (κ2) is 6.83. The Morgan fingerprint density at radius 3 is 2.87 bits per heavy atom. The van der Waals surface area contributed by atoms with Crippen molar-refractivity contribution in [1.82, 2.24) is 14.3 Å². The van der Waals surface area contributed by atoms with Crippen molar-refractivity contribution in [3.63, 3.8) is 0 Å². The van der Waals surface area contributed by atoms with Crippen LogP contribution in [-0.2, 0) is 11.2 Å². The second-order valence-corrected chi connectivity index (χ2v) is 6.35. The minimum atomic E-state index is 0.0447. The van der Waals surface area contributed by atoms with Crippen molar-refractivity contribution in [2.24, 2.45) is 0 Å². The fourth-order valence-electron chi connectivity index (χ4n) is 2.21. The summed E-state index contributed by atoms with van der Waals surface area (Å²) in [7, 11) is 1.79. The van der Waals surface area contributed by atoms with Crippen molar-refractivity contribution >= 4 is 22.2 Å². The highest BCUT2D eigenvalue weighted by molar-refractivity contribution is 7.15. The Bertz CT molecular complexity index is 763. The minimum Gasteiger partial charge on any atom is -0.492 e. The van der Waals surface area contributed by atoms with Crippen molar-refractivity contribution in [2.75, 3.05) is 20.2 Å². The summed E-state index contributed by atoms with van der Waals surface area (Å²) in [6, 6.07) is 7.90. The van der Waals surface area contributed by atoms with Gasteiger partial charge in [-0.2, -0.15) is 0 Å². The average Bonchev–Trinajstić information content (AvgIpc) is 3.10. The first-order valence-corrected chi connectivity index (χ1v) is 8.34. The summed E-state index contributed by atoms with van der Waals surface area (Å²) < 4.78 is 7.59. The summed E-state index contributed by atoms with van der Waals surface area (Å²) >= 11 is 1.56. The van der Waals surface area contributed by atoms with E-state index in [1.54, 1.807) is 23.3 Å². The van der Waals surface area contributed by atoms with Gasteiger partial charge in [-0.1, -0.05) is 17.7 Å². The number of likely N-dealkylation sites (N-methyl/N-ethyl adjacent to an activating group) is 1. The summed E-state index contributed by atoms with van der Waals surface area (Å²) in [4.78, 5) is 19.3. The van der Waals surface area contributed by atoms with E-state index >= 15 is 0 Å². The molecule has 3 aromatic rings. The van der Waals surface area contributed by atoms with Crippen molar-refractivity contribution < 1.29 is 9.53 Å². The van der Waals surface area contributed by atoms with Crippen LogP contribution in [0.3, 0.4) is 0 Å². The van der Waals surface area contributed by atoms with Gasteiger partial charge in [-0.05, 0) is 19.1 Å². The van der Waals surface area contributed by atoms with Crippen molar-refractivity contribution in [3.05, 3.63) is 53.3 Å². The average molecular weight is 329 g/mol. The molecule has 0 fully saturated rings. The van der Waals surface area contributed by atoms with Crippen LogP contribution < -0.4 is 4.74 Å². The number of hydrogen-bond donors (Lipinski definition) is 0. The smallest absolute Gasteiger partial charge is 0.228 e. The maximum atomic E-state index is 12.2. The Labute approximate surface area is 139 Å². The van der Waals surface area contributed by atoms with Gasteiger partial charge in [0.15, 0.2) is 4.96 Å². The molecule has 1 aromatic carbocycles. The Morgan fingerprint density at radius 1 is 1.35 bits per heavy atom. The molecule has 23 heavy (non-hydrogen) atoms. The first-order valence-electron chi connectivity index (χ1n) is 7.46. The number of fused-ring (bicyclic) bond motifs is 1. The molecule has 5 nitrogen and oxygen atoms in total. The number of hydrogen-bond acceptors (Lipinski definition) is 4. The molecule has 0 N–H and O–H groups in total. The van der Waals surface area contributed by atoms with E-state index in [-0.39, 0.29) is 5.91 Å². The number of ether oxygens (including phenoxy) is 1. The molecule has 0 aliphatic carbocycles. The molecule has 3 rings (SSSR count). The van der Waals surface area contributed by atoms with Gasteiger partial charge in [0.25, 0.3) is 0 Å². The highest BCUT2D eigenvalue weighted by atomic mass is 32.1. The van der Waals surface area contributed by atoms with Gasteiger partial charge in [0.05, 0.1) is 18.7 Å². The molecular weight excluding hydrogens is 310 g/mol. The second-order valence-electron chi connectivity index (χ2n) is 5.48. The molecule has 0 atom stereocenters. The van der Waals surface area contributed by atoms with E-state index in [1.165, 1.54) is 5.56 Å². The third-order valence-electron chi connectivity index (χ3n) is 3.62. The lowest BCUT2D eigenvalue weighted by molar-refractivity contribution is -0.129. The first-order chi connectivity index (χ1) is 11.1. The van der Waals surface area contributed by atoms with Gasteiger partial charge < -0.3 is 9.64 Å². The van der Waals surface area contributed by atoms with Crippen LogP contribution in [-0.4, -0.2) is 40.4 Å². The van der Waals surface area contributed by atoms with Crippen LogP contribution in [0.2, 0.25) is 0 Å². The molecule has 0 unspecified atom stereocenters. The molecule has 120 valence electrons. The van der Waals surface area contributed by atoms with Crippen LogP contribution in [0.25, 0.3) is 4.96 Å². The molecule has 0 aliphatic rings. The molecule has 1 amide bonds. The van der Waals surface area contributed by atoms with E-state index < -0.39 is 0 Å². The first kappa shape index (κ1) is 15.6. The number of aromatic nitrogens is 2. The Hall–Kier alpha value is -2.34. The highest BCUT2D eigenvalue weighted by Crippen LogP contribution is 2.13. The third kappa shape index (κ3) is 3.90. The Morgan fingerprint density at radius 2 is 2.13 bits per heavy atom. The van der Waals surface area contributed by atoms with Gasteiger partial charge in [-0.3, -0.25) is 9.20 Å². The van der Waals surface area contributed by atoms with Crippen LogP contribution in [0, 0.1) is 6.92 Å². The van der Waals surface area contributed by atoms with E-state index in [1.807, 2.05) is 53.4 Å². The summed E-state index contributed by atoms with van der Waals surface area (Å²) in [5, 5.41) is 1.97. The van der Waals surface area contributed by atoms with Crippen molar-refractivity contribution in [1.29, 1.82) is 0 Å². The highest BCUT2D eigenvalue weighted by Gasteiger charge is 2.12. The quantitative estimate of drug-likeness (QED) is 0.699. The third-order valence-corrected chi connectivity index (χ3v) is 4.39. The van der Waals surface area contributed by atoms with E-state index in [4.69, 9.17) is 4.74 Å². The number of carbonyl (C=O) groups is 1. The fraction of sp³-hybridized carbons (Fsp3) is 0.294. The summed E-state index contributed by atoms with van der Waals surface area (Å²) in [6.45, 7) is 3.06. The number of rotatable bonds is 6. The van der Waals surface area contributed by atoms with Gasteiger partial charge in [-0.25, -0.2) is 4.98 Å². The van der Waals surface area contributed by atoms with E-state index in [0.29, 0.717) is 19.6 Å². The van der Waals surface area contributed by atoms with Gasteiger partial charge >= 0.3 is 0 Å². The van der Waals surface area contributed by atoms with Crippen molar-refractivity contribution in [3.8, 4) is 5.75 Å². The van der Waals surface area contributed by atoms with Crippen LogP contribution >= 0.6 is 11.3 Å². The predicted molar refractivity (Wildman–Crippen MR) is 91.1 cm³/mol. The zero-order chi connectivity index (χ0) is 16.2. The van der Waals surface area contributed by atoms with Crippen LogP contribution in [0.15, 0.2) is 42.0 Å². The molecule has 0 spiro atoms. The lowest BCUT2D eigenvalue weighted by atomic mass is 10.2. The largest absolute Gasteiger partial charge is 0.492 e. The maximum absolute atomic E-state index is 12.2. The standard InChI is InChI=1S/C17H19N3O2S/c1-13-3-5-15(6-4-13)22-9-7-19(2)16(21)11-14-12-20-8-10-23-17(20)18-14/h3-6,8,10,12H,7,9,11H2,1-2H3. The van der Waals surface area contributed by atoms with E-state index in [2.05, 4.69) is 4.98 Å². The molecule has 6 heteroatoms. The number of aryl methyl sites for hydroxylation is 1. The van der Waals surface area contributed by atoms with Gasteiger partial charge in [0.2, 0.25) is 5.91 Å². The SMILES string of the molecule is Cc1ccc(OCCN(C)C(=O)Cc2cn3ccsc3n2)cc1. The van der Waals surface area contributed by atoms with Crippen molar-refractivity contribution in [2.45, 2.75) is 13.3 Å². The maximum Gasteiger partial charge on any atom is 0.228 e. The lowest BCUT2D eigenvalue weighted by Gasteiger charge is -2.17. The molecule has 0 saturated heterocycles. The Balaban J connectivity index is 1.47. The monoisotopic (exact) mass is 329 g/mol. The number of amides is 1. The zero-order valence-electron chi connectivity index (χ0n) is 13.2. The number of benzene rings is 1. The molecular formula is C17H19N3O2S. The normalized spacial score (nSPS) is 10.9. The number of imidazole rings is 1. The Kier molecular flexibility index (Phi) is 4.62. The molecule has 0 saturated carbocycles. The van der Waals surface area contributed by atoms with Crippen LogP contribution in [0.1, 0.15) is 11.3 Å². The van der Waals surface area contributed by atoms with Gasteiger partial charge in [-0.15, -0.1) is 11.3 Å². The minimum absolute atomic E-state index is 0.0447.